The molecule has 16 heavy (non-hydrogen) atoms. The Bertz CT molecular complexity index is 402. The Morgan fingerprint density at radius 3 is 2.56 bits per heavy atom. The zero-order valence-corrected chi connectivity index (χ0v) is 9.27. The summed E-state index contributed by atoms with van der Waals surface area (Å²) in [6.07, 6.45) is 2.55. The molecule has 2 rings (SSSR count). The van der Waals surface area contributed by atoms with Gasteiger partial charge in [0, 0.05) is 37.8 Å². The van der Waals surface area contributed by atoms with Gasteiger partial charge in [-0.2, -0.15) is 0 Å². The van der Waals surface area contributed by atoms with Crippen molar-refractivity contribution in [2.75, 3.05) is 13.1 Å². The molecule has 0 spiro atoms. The Kier molecular flexibility index (Phi) is 2.99. The van der Waals surface area contributed by atoms with E-state index in [1.54, 1.807) is 17.2 Å². The minimum absolute atomic E-state index is 0.0278. The van der Waals surface area contributed by atoms with Crippen LogP contribution < -0.4 is 0 Å². The van der Waals surface area contributed by atoms with E-state index in [0.29, 0.717) is 31.5 Å². The van der Waals surface area contributed by atoms with E-state index in [1.807, 2.05) is 13.0 Å². The van der Waals surface area contributed by atoms with Crippen LogP contribution in [0.2, 0.25) is 0 Å². The van der Waals surface area contributed by atoms with Crippen molar-refractivity contribution in [3.05, 3.63) is 29.6 Å². The maximum absolute atomic E-state index is 12.0. The highest BCUT2D eigenvalue weighted by molar-refractivity contribution is 5.95. The minimum Gasteiger partial charge on any atom is -0.338 e. The summed E-state index contributed by atoms with van der Waals surface area (Å²) < 4.78 is 0. The Morgan fingerprint density at radius 1 is 1.31 bits per heavy atom. The molecule has 1 aromatic rings. The van der Waals surface area contributed by atoms with Crippen molar-refractivity contribution < 1.29 is 9.59 Å². The standard InChI is InChI=1S/C12H14N2O2/c1-9-2-3-10(8-13-9)12(16)14-6-4-11(15)5-7-14/h2-3,8H,4-7H2,1H3. The number of hydrogen-bond donors (Lipinski definition) is 0. The van der Waals surface area contributed by atoms with Gasteiger partial charge in [-0.3, -0.25) is 14.6 Å². The fourth-order valence-electron chi connectivity index (χ4n) is 1.74. The SMILES string of the molecule is Cc1ccc(C(=O)N2CCC(=O)CC2)cn1. The van der Waals surface area contributed by atoms with Gasteiger partial charge in [0.1, 0.15) is 5.78 Å². The summed E-state index contributed by atoms with van der Waals surface area (Å²) in [5.41, 5.74) is 1.49. The first-order valence-corrected chi connectivity index (χ1v) is 5.40. The molecular formula is C12H14N2O2. The molecule has 84 valence electrons. The molecule has 1 saturated heterocycles. The largest absolute Gasteiger partial charge is 0.338 e. The summed E-state index contributed by atoms with van der Waals surface area (Å²) in [7, 11) is 0. The number of Topliss-reactive ketones (excluding diaryl/α,β-unsaturated/α-hetero) is 1. The van der Waals surface area contributed by atoms with Crippen LogP contribution in [0.1, 0.15) is 28.9 Å². The number of hydrogen-bond acceptors (Lipinski definition) is 3. The molecule has 0 saturated carbocycles. The number of pyridine rings is 1. The maximum Gasteiger partial charge on any atom is 0.255 e. The number of carbonyl (C=O) groups excluding carboxylic acids is 2. The van der Waals surface area contributed by atoms with Gasteiger partial charge >= 0.3 is 0 Å². The quantitative estimate of drug-likeness (QED) is 0.711. The van der Waals surface area contributed by atoms with Gasteiger partial charge in [-0.1, -0.05) is 0 Å². The van der Waals surface area contributed by atoms with Crippen molar-refractivity contribution in [1.82, 2.24) is 9.88 Å². The van der Waals surface area contributed by atoms with Crippen LogP contribution in [0.25, 0.3) is 0 Å². The molecule has 0 radical (unpaired) electrons. The lowest BCUT2D eigenvalue weighted by molar-refractivity contribution is -0.120. The van der Waals surface area contributed by atoms with Crippen LogP contribution in [0.5, 0.6) is 0 Å². The second-order valence-electron chi connectivity index (χ2n) is 4.02. The van der Waals surface area contributed by atoms with Crippen molar-refractivity contribution in [3.8, 4) is 0 Å². The average Bonchev–Trinajstić information content (AvgIpc) is 2.30. The molecule has 0 atom stereocenters. The van der Waals surface area contributed by atoms with Crippen LogP contribution in [0.4, 0.5) is 0 Å². The number of carbonyl (C=O) groups is 2. The maximum atomic E-state index is 12.0. The van der Waals surface area contributed by atoms with Gasteiger partial charge in [0.25, 0.3) is 5.91 Å². The fraction of sp³-hybridized carbons (Fsp3) is 0.417. The molecule has 2 heterocycles. The monoisotopic (exact) mass is 218 g/mol. The van der Waals surface area contributed by atoms with E-state index >= 15 is 0 Å². The molecule has 0 N–H and O–H groups in total. The number of piperidine rings is 1. The summed E-state index contributed by atoms with van der Waals surface area (Å²) >= 11 is 0. The first kappa shape index (κ1) is 10.8. The number of rotatable bonds is 1. The Morgan fingerprint density at radius 2 is 2.00 bits per heavy atom. The van der Waals surface area contributed by atoms with Crippen molar-refractivity contribution in [3.63, 3.8) is 0 Å². The first-order chi connectivity index (χ1) is 7.66. The average molecular weight is 218 g/mol. The Hall–Kier alpha value is -1.71. The van der Waals surface area contributed by atoms with E-state index in [0.717, 1.165) is 5.69 Å². The molecule has 1 aliphatic rings. The molecule has 1 aromatic heterocycles. The smallest absolute Gasteiger partial charge is 0.255 e. The molecule has 0 bridgehead atoms. The van der Waals surface area contributed by atoms with Crippen LogP contribution in [0.3, 0.4) is 0 Å². The van der Waals surface area contributed by atoms with Crippen molar-refractivity contribution >= 4 is 11.7 Å². The van der Waals surface area contributed by atoms with Crippen LogP contribution >= 0.6 is 0 Å². The molecule has 0 aromatic carbocycles. The lowest BCUT2D eigenvalue weighted by Gasteiger charge is -2.25. The highest BCUT2D eigenvalue weighted by atomic mass is 16.2. The molecule has 0 aliphatic carbocycles. The second-order valence-corrected chi connectivity index (χ2v) is 4.02. The molecule has 0 unspecified atom stereocenters. The Labute approximate surface area is 94.3 Å². The van der Waals surface area contributed by atoms with Crippen LogP contribution in [0.15, 0.2) is 18.3 Å². The third-order valence-electron chi connectivity index (χ3n) is 2.77. The second kappa shape index (κ2) is 4.43. The van der Waals surface area contributed by atoms with Crippen molar-refractivity contribution in [2.45, 2.75) is 19.8 Å². The lowest BCUT2D eigenvalue weighted by Crippen LogP contribution is -2.38. The summed E-state index contributed by atoms with van der Waals surface area (Å²) in [4.78, 5) is 28.9. The van der Waals surface area contributed by atoms with Gasteiger partial charge in [0.15, 0.2) is 0 Å². The highest BCUT2D eigenvalue weighted by Gasteiger charge is 2.21. The zero-order valence-electron chi connectivity index (χ0n) is 9.27. The lowest BCUT2D eigenvalue weighted by atomic mass is 10.1. The zero-order chi connectivity index (χ0) is 11.5. The Balaban J connectivity index is 2.07. The third kappa shape index (κ3) is 2.27. The molecule has 1 amide bonds. The molecular weight excluding hydrogens is 204 g/mol. The van der Waals surface area contributed by atoms with Crippen LogP contribution in [-0.2, 0) is 4.79 Å². The fourth-order valence-corrected chi connectivity index (χ4v) is 1.74. The van der Waals surface area contributed by atoms with Gasteiger partial charge < -0.3 is 4.90 Å². The third-order valence-corrected chi connectivity index (χ3v) is 2.77. The van der Waals surface area contributed by atoms with E-state index in [9.17, 15) is 9.59 Å². The molecule has 1 fully saturated rings. The molecule has 1 aliphatic heterocycles. The van der Waals surface area contributed by atoms with Crippen LogP contribution in [0, 0.1) is 6.92 Å². The predicted molar refractivity (Wildman–Crippen MR) is 59.1 cm³/mol. The molecule has 4 heteroatoms. The van der Waals surface area contributed by atoms with E-state index in [4.69, 9.17) is 0 Å². The van der Waals surface area contributed by atoms with E-state index in [1.165, 1.54) is 0 Å². The highest BCUT2D eigenvalue weighted by Crippen LogP contribution is 2.10. The number of amides is 1. The van der Waals surface area contributed by atoms with Crippen molar-refractivity contribution in [2.24, 2.45) is 0 Å². The number of ketones is 1. The number of aryl methyl sites for hydroxylation is 1. The van der Waals surface area contributed by atoms with E-state index < -0.39 is 0 Å². The van der Waals surface area contributed by atoms with Gasteiger partial charge in [-0.25, -0.2) is 0 Å². The topological polar surface area (TPSA) is 50.3 Å². The van der Waals surface area contributed by atoms with E-state index in [2.05, 4.69) is 4.98 Å². The van der Waals surface area contributed by atoms with Crippen molar-refractivity contribution in [1.29, 1.82) is 0 Å². The van der Waals surface area contributed by atoms with E-state index in [-0.39, 0.29) is 11.7 Å². The normalized spacial score (nSPS) is 16.3. The minimum atomic E-state index is -0.0278. The predicted octanol–water partition coefficient (Wildman–Crippen LogP) is 1.20. The number of aromatic nitrogens is 1. The number of nitrogens with zero attached hydrogens (tertiary/aromatic N) is 2. The van der Waals surface area contributed by atoms with Crippen LogP contribution in [-0.4, -0.2) is 34.7 Å². The van der Waals surface area contributed by atoms with Gasteiger partial charge in [0.2, 0.25) is 0 Å². The summed E-state index contributed by atoms with van der Waals surface area (Å²) in [6, 6.07) is 3.60. The first-order valence-electron chi connectivity index (χ1n) is 5.40. The molecule has 4 nitrogen and oxygen atoms in total. The van der Waals surface area contributed by atoms with Gasteiger partial charge in [-0.15, -0.1) is 0 Å². The summed E-state index contributed by atoms with van der Waals surface area (Å²) in [5, 5.41) is 0. The van der Waals surface area contributed by atoms with Gasteiger partial charge in [0.05, 0.1) is 5.56 Å². The van der Waals surface area contributed by atoms with Gasteiger partial charge in [-0.05, 0) is 19.1 Å². The number of likely N-dealkylation sites (tertiary alicyclic amines) is 1. The summed E-state index contributed by atoms with van der Waals surface area (Å²) in [6.45, 7) is 2.95. The summed E-state index contributed by atoms with van der Waals surface area (Å²) in [5.74, 6) is 0.214.